The summed E-state index contributed by atoms with van der Waals surface area (Å²) in [4.78, 5) is 0. The number of hydrogen-bond donors (Lipinski definition) is 1. The zero-order valence-electron chi connectivity index (χ0n) is 5.45. The minimum absolute atomic E-state index is 0.0794. The molecule has 0 aliphatic carbocycles. The van der Waals surface area contributed by atoms with E-state index in [0.29, 0.717) is 13.0 Å². The van der Waals surface area contributed by atoms with Crippen molar-refractivity contribution in [2.24, 2.45) is 5.73 Å². The second kappa shape index (κ2) is 4.51. The minimum Gasteiger partial charge on any atom is -0.372 e. The van der Waals surface area contributed by atoms with Gasteiger partial charge in [0.1, 0.15) is 6.61 Å². The molecule has 0 saturated carbocycles. The van der Waals surface area contributed by atoms with E-state index in [1.54, 1.807) is 0 Å². The van der Waals surface area contributed by atoms with Crippen LogP contribution in [-0.4, -0.2) is 25.9 Å². The van der Waals surface area contributed by atoms with E-state index in [1.165, 1.54) is 0 Å². The van der Waals surface area contributed by atoms with Gasteiger partial charge in [-0.15, -0.1) is 0 Å². The second-order valence-corrected chi connectivity index (χ2v) is 1.81. The van der Waals surface area contributed by atoms with Gasteiger partial charge in [-0.2, -0.15) is 13.2 Å². The van der Waals surface area contributed by atoms with Gasteiger partial charge in [-0.05, 0) is 13.0 Å². The molecule has 0 bridgehead atoms. The van der Waals surface area contributed by atoms with Gasteiger partial charge in [-0.25, -0.2) is 0 Å². The highest BCUT2D eigenvalue weighted by molar-refractivity contribution is 4.45. The Labute approximate surface area is 57.1 Å². The van der Waals surface area contributed by atoms with Crippen LogP contribution in [0.1, 0.15) is 6.42 Å². The lowest BCUT2D eigenvalue weighted by Crippen LogP contribution is -2.18. The average molecular weight is 157 g/mol. The Kier molecular flexibility index (Phi) is 4.38. The third-order valence-electron chi connectivity index (χ3n) is 0.759. The highest BCUT2D eigenvalue weighted by Gasteiger charge is 2.26. The van der Waals surface area contributed by atoms with Crippen LogP contribution in [0.4, 0.5) is 13.2 Å². The van der Waals surface area contributed by atoms with E-state index in [-0.39, 0.29) is 6.61 Å². The lowest BCUT2D eigenvalue weighted by Gasteiger charge is -2.05. The fourth-order valence-electron chi connectivity index (χ4n) is 0.373. The molecule has 0 saturated heterocycles. The van der Waals surface area contributed by atoms with Crippen molar-refractivity contribution >= 4 is 0 Å². The number of ether oxygens (including phenoxy) is 1. The van der Waals surface area contributed by atoms with E-state index in [4.69, 9.17) is 5.73 Å². The van der Waals surface area contributed by atoms with Crippen molar-refractivity contribution in [3.8, 4) is 0 Å². The summed E-state index contributed by atoms with van der Waals surface area (Å²) in [7, 11) is 0. The topological polar surface area (TPSA) is 35.2 Å². The van der Waals surface area contributed by atoms with Gasteiger partial charge in [0.25, 0.3) is 0 Å². The lowest BCUT2D eigenvalue weighted by atomic mass is 10.5. The smallest absolute Gasteiger partial charge is 0.372 e. The van der Waals surface area contributed by atoms with Crippen molar-refractivity contribution in [3.05, 3.63) is 0 Å². The molecule has 5 heteroatoms. The Morgan fingerprint density at radius 2 is 1.90 bits per heavy atom. The third-order valence-corrected chi connectivity index (χ3v) is 0.759. The van der Waals surface area contributed by atoms with Gasteiger partial charge in [0.2, 0.25) is 0 Å². The largest absolute Gasteiger partial charge is 0.411 e. The molecule has 2 nitrogen and oxygen atoms in total. The third kappa shape index (κ3) is 7.71. The predicted molar refractivity (Wildman–Crippen MR) is 30.5 cm³/mol. The Bertz CT molecular complexity index is 83.5. The van der Waals surface area contributed by atoms with Crippen molar-refractivity contribution in [1.29, 1.82) is 0 Å². The molecule has 0 heterocycles. The van der Waals surface area contributed by atoms with Gasteiger partial charge >= 0.3 is 6.18 Å². The fraction of sp³-hybridized carbons (Fsp3) is 1.00. The number of hydrogen-bond acceptors (Lipinski definition) is 2. The molecule has 0 amide bonds. The van der Waals surface area contributed by atoms with Crippen LogP contribution in [-0.2, 0) is 4.74 Å². The van der Waals surface area contributed by atoms with E-state index < -0.39 is 12.8 Å². The highest BCUT2D eigenvalue weighted by atomic mass is 19.4. The maximum Gasteiger partial charge on any atom is 0.411 e. The highest BCUT2D eigenvalue weighted by Crippen LogP contribution is 2.14. The molecular weight excluding hydrogens is 147 g/mol. The monoisotopic (exact) mass is 157 g/mol. The number of alkyl halides is 3. The molecule has 0 aromatic heterocycles. The van der Waals surface area contributed by atoms with E-state index in [2.05, 4.69) is 4.74 Å². The summed E-state index contributed by atoms with van der Waals surface area (Å²) >= 11 is 0. The number of nitrogens with two attached hydrogens (primary N) is 1. The first-order chi connectivity index (χ1) is 4.56. The molecule has 0 aliphatic heterocycles. The average Bonchev–Trinajstić information content (AvgIpc) is 1.78. The summed E-state index contributed by atoms with van der Waals surface area (Å²) < 4.78 is 38.2. The van der Waals surface area contributed by atoms with Crippen LogP contribution < -0.4 is 5.73 Å². The van der Waals surface area contributed by atoms with E-state index in [9.17, 15) is 13.2 Å². The molecule has 0 unspecified atom stereocenters. The van der Waals surface area contributed by atoms with Crippen LogP contribution in [0.5, 0.6) is 0 Å². The summed E-state index contributed by atoms with van der Waals surface area (Å²) in [6.07, 6.45) is -3.75. The summed E-state index contributed by atoms with van der Waals surface area (Å²) in [5.74, 6) is 0. The van der Waals surface area contributed by atoms with Crippen LogP contribution in [0.2, 0.25) is 0 Å². The first-order valence-corrected chi connectivity index (χ1v) is 2.91. The Balaban J connectivity index is 3.04. The first-order valence-electron chi connectivity index (χ1n) is 2.91. The molecular formula is C5H10F3NO. The second-order valence-electron chi connectivity index (χ2n) is 1.81. The van der Waals surface area contributed by atoms with Crippen LogP contribution in [0.15, 0.2) is 0 Å². The Morgan fingerprint density at radius 3 is 2.30 bits per heavy atom. The molecule has 2 N–H and O–H groups in total. The lowest BCUT2D eigenvalue weighted by molar-refractivity contribution is -0.173. The van der Waals surface area contributed by atoms with Crippen LogP contribution in [0.3, 0.4) is 0 Å². The SMILES string of the molecule is NCCCOCC(F)(F)F. The molecule has 62 valence electrons. The Morgan fingerprint density at radius 1 is 1.30 bits per heavy atom. The van der Waals surface area contributed by atoms with Gasteiger partial charge in [-0.1, -0.05) is 0 Å². The standard InChI is InChI=1S/C5H10F3NO/c6-5(7,8)4-10-3-1-2-9/h1-4,9H2. The minimum atomic E-state index is -4.21. The normalized spacial score (nSPS) is 12.0. The zero-order valence-corrected chi connectivity index (χ0v) is 5.45. The molecule has 0 spiro atoms. The van der Waals surface area contributed by atoms with Crippen LogP contribution >= 0.6 is 0 Å². The van der Waals surface area contributed by atoms with Crippen LogP contribution in [0.25, 0.3) is 0 Å². The molecule has 0 atom stereocenters. The summed E-state index contributed by atoms with van der Waals surface area (Å²) in [6, 6.07) is 0. The summed E-state index contributed by atoms with van der Waals surface area (Å²) in [5.41, 5.74) is 5.02. The quantitative estimate of drug-likeness (QED) is 0.615. The molecule has 0 radical (unpaired) electrons. The Hall–Kier alpha value is -0.290. The van der Waals surface area contributed by atoms with E-state index >= 15 is 0 Å². The van der Waals surface area contributed by atoms with Crippen LogP contribution in [0, 0.1) is 0 Å². The maximum absolute atomic E-state index is 11.3. The van der Waals surface area contributed by atoms with Crippen molar-refractivity contribution < 1.29 is 17.9 Å². The van der Waals surface area contributed by atoms with Crippen molar-refractivity contribution in [3.63, 3.8) is 0 Å². The molecule has 0 aliphatic rings. The van der Waals surface area contributed by atoms with Gasteiger partial charge in [-0.3, -0.25) is 0 Å². The molecule has 0 aromatic carbocycles. The zero-order chi connectivity index (χ0) is 8.04. The fourth-order valence-corrected chi connectivity index (χ4v) is 0.373. The van der Waals surface area contributed by atoms with Gasteiger partial charge in [0.15, 0.2) is 0 Å². The maximum atomic E-state index is 11.3. The van der Waals surface area contributed by atoms with Crippen molar-refractivity contribution in [2.75, 3.05) is 19.8 Å². The van der Waals surface area contributed by atoms with Gasteiger partial charge in [0, 0.05) is 6.61 Å². The summed E-state index contributed by atoms with van der Waals surface area (Å²) in [6.45, 7) is -0.735. The molecule has 0 fully saturated rings. The molecule has 0 rings (SSSR count). The summed E-state index contributed by atoms with van der Waals surface area (Å²) in [5, 5.41) is 0. The molecule has 10 heavy (non-hydrogen) atoms. The van der Waals surface area contributed by atoms with Crippen molar-refractivity contribution in [1.82, 2.24) is 0 Å². The van der Waals surface area contributed by atoms with Crippen molar-refractivity contribution in [2.45, 2.75) is 12.6 Å². The first kappa shape index (κ1) is 9.71. The van der Waals surface area contributed by atoms with E-state index in [0.717, 1.165) is 0 Å². The van der Waals surface area contributed by atoms with Gasteiger partial charge in [0.05, 0.1) is 0 Å². The predicted octanol–water partition coefficient (Wildman–Crippen LogP) is 0.914. The number of rotatable bonds is 4. The number of halogens is 3. The van der Waals surface area contributed by atoms with Gasteiger partial charge < -0.3 is 10.5 Å². The van der Waals surface area contributed by atoms with E-state index in [1.807, 2.05) is 0 Å². The molecule has 0 aromatic rings.